The molecule has 12 heavy (non-hydrogen) atoms. The van der Waals surface area contributed by atoms with Crippen LogP contribution in [-0.4, -0.2) is 6.61 Å². The van der Waals surface area contributed by atoms with Gasteiger partial charge in [0, 0.05) is 24.1 Å². The first kappa shape index (κ1) is 7.53. The van der Waals surface area contributed by atoms with Crippen LogP contribution in [0.2, 0.25) is 0 Å². The van der Waals surface area contributed by atoms with E-state index < -0.39 is 11.6 Å². The van der Waals surface area contributed by atoms with Gasteiger partial charge in [-0.1, -0.05) is 0 Å². The van der Waals surface area contributed by atoms with Crippen LogP contribution in [0.4, 0.5) is 8.78 Å². The second-order valence-corrected chi connectivity index (χ2v) is 2.64. The largest absolute Gasteiger partial charge is 0.493 e. The SMILES string of the molecule is Fc1cc(F)c2c(c1)OCC[CH]2. The predicted molar refractivity (Wildman–Crippen MR) is 39.9 cm³/mol. The van der Waals surface area contributed by atoms with Gasteiger partial charge in [0.2, 0.25) is 0 Å². The van der Waals surface area contributed by atoms with Crippen molar-refractivity contribution in [3.05, 3.63) is 35.8 Å². The summed E-state index contributed by atoms with van der Waals surface area (Å²) in [6.07, 6.45) is 2.39. The molecule has 1 aliphatic rings. The maximum absolute atomic E-state index is 13.0. The normalized spacial score (nSPS) is 15.2. The molecule has 3 heteroatoms. The molecule has 0 unspecified atom stereocenters. The number of ether oxygens (including phenoxy) is 1. The first-order chi connectivity index (χ1) is 5.77. The van der Waals surface area contributed by atoms with E-state index in [0.29, 0.717) is 24.3 Å². The number of rotatable bonds is 0. The van der Waals surface area contributed by atoms with Crippen molar-refractivity contribution in [1.82, 2.24) is 0 Å². The molecule has 1 aromatic rings. The van der Waals surface area contributed by atoms with Crippen LogP contribution in [0, 0.1) is 18.1 Å². The standard InChI is InChI=1S/C9H7F2O/c10-6-4-8(11)7-2-1-3-12-9(7)5-6/h2,4-5H,1,3H2. The lowest BCUT2D eigenvalue weighted by Gasteiger charge is -2.16. The molecule has 0 bridgehead atoms. The van der Waals surface area contributed by atoms with E-state index in [-0.39, 0.29) is 0 Å². The summed E-state index contributed by atoms with van der Waals surface area (Å²) in [5.74, 6) is -0.843. The first-order valence-electron chi connectivity index (χ1n) is 3.72. The molecule has 1 aliphatic heterocycles. The monoisotopic (exact) mass is 169 g/mol. The van der Waals surface area contributed by atoms with Gasteiger partial charge < -0.3 is 4.74 Å². The zero-order chi connectivity index (χ0) is 8.55. The molecule has 0 saturated carbocycles. The number of hydrogen-bond donors (Lipinski definition) is 0. The zero-order valence-corrected chi connectivity index (χ0v) is 6.31. The fourth-order valence-electron chi connectivity index (χ4n) is 1.25. The molecule has 0 aromatic heterocycles. The van der Waals surface area contributed by atoms with Crippen molar-refractivity contribution in [2.24, 2.45) is 0 Å². The highest BCUT2D eigenvalue weighted by atomic mass is 19.1. The number of fused-ring (bicyclic) bond motifs is 1. The van der Waals surface area contributed by atoms with Crippen molar-refractivity contribution in [2.45, 2.75) is 6.42 Å². The van der Waals surface area contributed by atoms with Gasteiger partial charge in [-0.3, -0.25) is 0 Å². The first-order valence-corrected chi connectivity index (χ1v) is 3.72. The van der Waals surface area contributed by atoms with Gasteiger partial charge in [-0.2, -0.15) is 0 Å². The summed E-state index contributed by atoms with van der Waals surface area (Å²) in [5, 5.41) is 0. The molecule has 0 N–H and O–H groups in total. The van der Waals surface area contributed by atoms with Gasteiger partial charge in [0.05, 0.1) is 6.61 Å². The lowest BCUT2D eigenvalue weighted by atomic mass is 10.1. The number of halogens is 2. The van der Waals surface area contributed by atoms with Crippen molar-refractivity contribution >= 4 is 0 Å². The third-order valence-electron chi connectivity index (χ3n) is 1.78. The van der Waals surface area contributed by atoms with Crippen molar-refractivity contribution < 1.29 is 13.5 Å². The molecule has 1 radical (unpaired) electrons. The average molecular weight is 169 g/mol. The highest BCUT2D eigenvalue weighted by molar-refractivity contribution is 5.41. The Morgan fingerprint density at radius 3 is 2.92 bits per heavy atom. The van der Waals surface area contributed by atoms with Crippen molar-refractivity contribution in [1.29, 1.82) is 0 Å². The molecule has 0 fully saturated rings. The van der Waals surface area contributed by atoms with E-state index in [0.717, 1.165) is 6.07 Å². The third kappa shape index (κ3) is 1.15. The fourth-order valence-corrected chi connectivity index (χ4v) is 1.25. The molecule has 1 heterocycles. The molecule has 0 saturated heterocycles. The maximum Gasteiger partial charge on any atom is 0.133 e. The van der Waals surface area contributed by atoms with Gasteiger partial charge >= 0.3 is 0 Å². The summed E-state index contributed by atoms with van der Waals surface area (Å²) in [4.78, 5) is 0. The summed E-state index contributed by atoms with van der Waals surface area (Å²) in [6, 6.07) is 2.07. The quantitative estimate of drug-likeness (QED) is 0.579. The molecular weight excluding hydrogens is 162 g/mol. The minimum atomic E-state index is -0.596. The Labute approximate surface area is 69.0 Å². The summed E-state index contributed by atoms with van der Waals surface area (Å²) in [6.45, 7) is 0.496. The summed E-state index contributed by atoms with van der Waals surface area (Å²) in [5.41, 5.74) is 0.377. The topological polar surface area (TPSA) is 9.23 Å². The highest BCUT2D eigenvalue weighted by Gasteiger charge is 2.16. The van der Waals surface area contributed by atoms with Crippen LogP contribution < -0.4 is 4.74 Å². The Kier molecular flexibility index (Phi) is 1.71. The van der Waals surface area contributed by atoms with Crippen LogP contribution >= 0.6 is 0 Å². The second kappa shape index (κ2) is 2.73. The highest BCUT2D eigenvalue weighted by Crippen LogP contribution is 2.29. The van der Waals surface area contributed by atoms with E-state index in [1.165, 1.54) is 6.07 Å². The summed E-state index contributed by atoms with van der Waals surface area (Å²) >= 11 is 0. The lowest BCUT2D eigenvalue weighted by Crippen LogP contribution is -2.08. The van der Waals surface area contributed by atoms with Crippen LogP contribution in [0.1, 0.15) is 12.0 Å². The molecule has 0 spiro atoms. The van der Waals surface area contributed by atoms with Gasteiger partial charge in [-0.15, -0.1) is 0 Å². The van der Waals surface area contributed by atoms with Crippen molar-refractivity contribution in [3.8, 4) is 5.75 Å². The van der Waals surface area contributed by atoms with Crippen LogP contribution in [0.3, 0.4) is 0 Å². The fraction of sp³-hybridized carbons (Fsp3) is 0.222. The van der Waals surface area contributed by atoms with Crippen LogP contribution in [0.15, 0.2) is 12.1 Å². The maximum atomic E-state index is 13.0. The Balaban J connectivity index is 2.53. The predicted octanol–water partition coefficient (Wildman–Crippen LogP) is 2.30. The number of hydrogen-bond acceptors (Lipinski definition) is 1. The van der Waals surface area contributed by atoms with E-state index in [4.69, 9.17) is 4.74 Å². The molecular formula is C9H7F2O. The van der Waals surface area contributed by atoms with E-state index in [2.05, 4.69) is 0 Å². The van der Waals surface area contributed by atoms with E-state index in [9.17, 15) is 8.78 Å². The van der Waals surface area contributed by atoms with Crippen LogP contribution in [0.25, 0.3) is 0 Å². The smallest absolute Gasteiger partial charge is 0.133 e. The zero-order valence-electron chi connectivity index (χ0n) is 6.31. The van der Waals surface area contributed by atoms with E-state index in [1.807, 2.05) is 0 Å². The number of benzene rings is 1. The van der Waals surface area contributed by atoms with Gasteiger partial charge in [0.25, 0.3) is 0 Å². The summed E-state index contributed by atoms with van der Waals surface area (Å²) in [7, 11) is 0. The second-order valence-electron chi connectivity index (χ2n) is 2.64. The Morgan fingerprint density at radius 1 is 1.25 bits per heavy atom. The van der Waals surface area contributed by atoms with Crippen molar-refractivity contribution in [3.63, 3.8) is 0 Å². The molecule has 63 valence electrons. The van der Waals surface area contributed by atoms with Crippen LogP contribution in [0.5, 0.6) is 5.75 Å². The molecule has 1 nitrogen and oxygen atoms in total. The van der Waals surface area contributed by atoms with Gasteiger partial charge in [-0.05, 0) is 6.42 Å². The van der Waals surface area contributed by atoms with E-state index >= 15 is 0 Å². The molecule has 0 amide bonds. The minimum Gasteiger partial charge on any atom is -0.493 e. The Hall–Kier alpha value is -1.12. The van der Waals surface area contributed by atoms with Crippen LogP contribution in [-0.2, 0) is 0 Å². The van der Waals surface area contributed by atoms with Gasteiger partial charge in [0.15, 0.2) is 0 Å². The summed E-state index contributed by atoms with van der Waals surface area (Å²) < 4.78 is 30.7. The molecule has 2 rings (SSSR count). The van der Waals surface area contributed by atoms with Gasteiger partial charge in [0.1, 0.15) is 17.4 Å². The van der Waals surface area contributed by atoms with E-state index in [1.54, 1.807) is 6.42 Å². The molecule has 0 atom stereocenters. The Morgan fingerprint density at radius 2 is 2.08 bits per heavy atom. The molecule has 0 aliphatic carbocycles. The van der Waals surface area contributed by atoms with Crippen molar-refractivity contribution in [2.75, 3.05) is 6.61 Å². The lowest BCUT2D eigenvalue weighted by molar-refractivity contribution is 0.300. The molecule has 1 aromatic carbocycles. The Bertz CT molecular complexity index is 310. The third-order valence-corrected chi connectivity index (χ3v) is 1.78. The average Bonchev–Trinajstić information content (AvgIpc) is 2.04. The minimum absolute atomic E-state index is 0.304. The van der Waals surface area contributed by atoms with Gasteiger partial charge in [-0.25, -0.2) is 8.78 Å².